The molecule has 1 aliphatic rings. The third-order valence-corrected chi connectivity index (χ3v) is 3.99. The van der Waals surface area contributed by atoms with Crippen LogP contribution in [0.4, 0.5) is 5.82 Å². The number of carbonyl (C=O) groups excluding carboxylic acids is 1. The number of amides is 1. The molecule has 1 aromatic carbocycles. The largest absolute Gasteiger partial charge is 0.496 e. The molecule has 0 fully saturated rings. The average molecular weight is 301 g/mol. The van der Waals surface area contributed by atoms with Crippen molar-refractivity contribution in [2.45, 2.75) is 32.2 Å². The van der Waals surface area contributed by atoms with Gasteiger partial charge in [-0.1, -0.05) is 18.2 Å². The molecule has 0 saturated heterocycles. The number of benzene rings is 1. The van der Waals surface area contributed by atoms with Gasteiger partial charge < -0.3 is 10.1 Å². The van der Waals surface area contributed by atoms with Crippen LogP contribution in [-0.2, 0) is 4.79 Å². The van der Waals surface area contributed by atoms with E-state index in [-0.39, 0.29) is 29.8 Å². The van der Waals surface area contributed by atoms with Crippen molar-refractivity contribution in [3.8, 4) is 5.75 Å². The van der Waals surface area contributed by atoms with E-state index in [0.717, 1.165) is 5.56 Å². The normalized spacial score (nSPS) is 17.3. The highest BCUT2D eigenvalue weighted by Gasteiger charge is 2.34. The van der Waals surface area contributed by atoms with Crippen LogP contribution in [0, 0.1) is 0 Å². The lowest BCUT2D eigenvalue weighted by atomic mass is 9.86. The molecule has 0 bridgehead atoms. The van der Waals surface area contributed by atoms with Crippen molar-refractivity contribution in [1.82, 2.24) is 9.78 Å². The predicted molar refractivity (Wildman–Crippen MR) is 83.5 cm³/mol. The van der Waals surface area contributed by atoms with Crippen LogP contribution < -0.4 is 15.6 Å². The maximum atomic E-state index is 12.4. The highest BCUT2D eigenvalue weighted by Crippen LogP contribution is 2.39. The van der Waals surface area contributed by atoms with Crippen LogP contribution in [0.1, 0.15) is 43.4 Å². The lowest BCUT2D eigenvalue weighted by Crippen LogP contribution is -2.27. The SMILES string of the molecule is COc1ccccc1[C@H]1CC(=O)Nc2c1c(=O)[nH]n2C(C)C. The van der Waals surface area contributed by atoms with Crippen molar-refractivity contribution in [2.75, 3.05) is 12.4 Å². The number of nitrogens with zero attached hydrogens (tertiary/aromatic N) is 1. The van der Waals surface area contributed by atoms with Crippen molar-refractivity contribution >= 4 is 11.7 Å². The Bertz CT molecular complexity index is 773. The fourth-order valence-electron chi connectivity index (χ4n) is 2.99. The number of H-pyrrole nitrogens is 1. The third-order valence-electron chi connectivity index (χ3n) is 3.99. The number of hydrogen-bond donors (Lipinski definition) is 2. The molecule has 6 nitrogen and oxygen atoms in total. The molecule has 0 unspecified atom stereocenters. The maximum Gasteiger partial charge on any atom is 0.270 e. The second-order valence-electron chi connectivity index (χ2n) is 5.71. The van der Waals surface area contributed by atoms with Crippen molar-refractivity contribution < 1.29 is 9.53 Å². The summed E-state index contributed by atoms with van der Waals surface area (Å²) in [5.41, 5.74) is 1.28. The van der Waals surface area contributed by atoms with Crippen LogP contribution in [0.25, 0.3) is 0 Å². The summed E-state index contributed by atoms with van der Waals surface area (Å²) in [5, 5.41) is 5.64. The zero-order valence-electron chi connectivity index (χ0n) is 12.8. The number of methoxy groups -OCH3 is 1. The number of rotatable bonds is 3. The van der Waals surface area contributed by atoms with E-state index in [4.69, 9.17) is 4.74 Å². The van der Waals surface area contributed by atoms with Crippen molar-refractivity contribution in [1.29, 1.82) is 0 Å². The first-order chi connectivity index (χ1) is 10.5. The Labute approximate surface area is 128 Å². The number of para-hydroxylation sites is 1. The van der Waals surface area contributed by atoms with E-state index >= 15 is 0 Å². The smallest absolute Gasteiger partial charge is 0.270 e. The first-order valence-corrected chi connectivity index (χ1v) is 7.30. The van der Waals surface area contributed by atoms with Crippen molar-refractivity contribution in [2.24, 2.45) is 0 Å². The second-order valence-corrected chi connectivity index (χ2v) is 5.71. The van der Waals surface area contributed by atoms with E-state index in [9.17, 15) is 9.59 Å². The molecule has 0 aliphatic carbocycles. The number of carbonyl (C=O) groups is 1. The van der Waals surface area contributed by atoms with Gasteiger partial charge in [0.05, 0.1) is 12.7 Å². The molecule has 2 heterocycles. The van der Waals surface area contributed by atoms with Gasteiger partial charge in [0, 0.05) is 23.9 Å². The van der Waals surface area contributed by atoms with Crippen LogP contribution in [0.5, 0.6) is 5.75 Å². The number of nitrogens with one attached hydrogen (secondary N) is 2. The molecule has 1 atom stereocenters. The molecule has 116 valence electrons. The van der Waals surface area contributed by atoms with E-state index in [2.05, 4.69) is 10.4 Å². The van der Waals surface area contributed by atoms with Crippen molar-refractivity contribution in [3.63, 3.8) is 0 Å². The Morgan fingerprint density at radius 1 is 1.27 bits per heavy atom. The number of hydrogen-bond acceptors (Lipinski definition) is 3. The Morgan fingerprint density at radius 2 is 2.00 bits per heavy atom. The highest BCUT2D eigenvalue weighted by atomic mass is 16.5. The van der Waals surface area contributed by atoms with Gasteiger partial charge >= 0.3 is 0 Å². The topological polar surface area (TPSA) is 76.1 Å². The maximum absolute atomic E-state index is 12.4. The van der Waals surface area contributed by atoms with Gasteiger partial charge in [0.15, 0.2) is 0 Å². The van der Waals surface area contributed by atoms with Gasteiger partial charge in [-0.2, -0.15) is 0 Å². The van der Waals surface area contributed by atoms with Crippen LogP contribution in [0.2, 0.25) is 0 Å². The molecule has 1 amide bonds. The third kappa shape index (κ3) is 2.20. The lowest BCUT2D eigenvalue weighted by Gasteiger charge is -2.25. The average Bonchev–Trinajstić information content (AvgIpc) is 2.83. The zero-order chi connectivity index (χ0) is 15.9. The number of ether oxygens (including phenoxy) is 1. The minimum atomic E-state index is -0.302. The second kappa shape index (κ2) is 5.36. The van der Waals surface area contributed by atoms with Crippen LogP contribution in [0.3, 0.4) is 0 Å². The fourth-order valence-corrected chi connectivity index (χ4v) is 2.99. The van der Waals surface area contributed by atoms with Gasteiger partial charge in [-0.25, -0.2) is 0 Å². The molecule has 1 aliphatic heterocycles. The summed E-state index contributed by atoms with van der Waals surface area (Å²) in [6, 6.07) is 7.55. The molecule has 3 rings (SSSR count). The van der Waals surface area contributed by atoms with Gasteiger partial charge in [0.2, 0.25) is 5.91 Å². The fraction of sp³-hybridized carbons (Fsp3) is 0.375. The molecule has 22 heavy (non-hydrogen) atoms. The summed E-state index contributed by atoms with van der Waals surface area (Å²) in [6.45, 7) is 3.91. The van der Waals surface area contributed by atoms with E-state index < -0.39 is 0 Å². The lowest BCUT2D eigenvalue weighted by molar-refractivity contribution is -0.116. The monoisotopic (exact) mass is 301 g/mol. The summed E-state index contributed by atoms with van der Waals surface area (Å²) in [7, 11) is 1.59. The number of aromatic amines is 1. The number of fused-ring (bicyclic) bond motifs is 1. The zero-order valence-corrected chi connectivity index (χ0v) is 12.8. The molecular weight excluding hydrogens is 282 g/mol. The summed E-state index contributed by atoms with van der Waals surface area (Å²) < 4.78 is 7.10. The van der Waals surface area contributed by atoms with Crippen molar-refractivity contribution in [3.05, 3.63) is 45.7 Å². The molecule has 0 radical (unpaired) electrons. The first kappa shape index (κ1) is 14.4. The Morgan fingerprint density at radius 3 is 2.68 bits per heavy atom. The molecule has 2 N–H and O–H groups in total. The summed E-state index contributed by atoms with van der Waals surface area (Å²) in [6.07, 6.45) is 0.235. The van der Waals surface area contributed by atoms with E-state index in [0.29, 0.717) is 17.1 Å². The van der Waals surface area contributed by atoms with E-state index in [1.165, 1.54) is 0 Å². The molecule has 6 heteroatoms. The summed E-state index contributed by atoms with van der Waals surface area (Å²) in [5.74, 6) is 0.845. The van der Waals surface area contributed by atoms with Gasteiger partial charge in [-0.3, -0.25) is 19.4 Å². The molecule has 2 aromatic rings. The van der Waals surface area contributed by atoms with Gasteiger partial charge in [0.25, 0.3) is 5.56 Å². The minimum Gasteiger partial charge on any atom is -0.496 e. The predicted octanol–water partition coefficient (Wildman–Crippen LogP) is 2.24. The standard InChI is InChI=1S/C16H19N3O3/c1-9(2)19-15-14(16(21)18-19)11(8-13(20)17-15)10-6-4-5-7-12(10)22-3/h4-7,9,11H,8H2,1-3H3,(H,17,20)(H,18,21)/t11-/m1/s1. The van der Waals surface area contributed by atoms with Crippen LogP contribution in [0.15, 0.2) is 29.1 Å². The van der Waals surface area contributed by atoms with Crippen LogP contribution in [-0.4, -0.2) is 22.8 Å². The molecule has 0 saturated carbocycles. The molecule has 0 spiro atoms. The number of aromatic nitrogens is 2. The summed E-state index contributed by atoms with van der Waals surface area (Å²) >= 11 is 0. The van der Waals surface area contributed by atoms with E-state index in [1.54, 1.807) is 11.8 Å². The molecular formula is C16H19N3O3. The quantitative estimate of drug-likeness (QED) is 0.913. The first-order valence-electron chi connectivity index (χ1n) is 7.30. The molecule has 1 aromatic heterocycles. The Balaban J connectivity index is 2.21. The highest BCUT2D eigenvalue weighted by molar-refractivity contribution is 5.94. The van der Waals surface area contributed by atoms with Crippen LogP contribution >= 0.6 is 0 Å². The van der Waals surface area contributed by atoms with E-state index in [1.807, 2.05) is 38.1 Å². The Kier molecular flexibility index (Phi) is 3.52. The Hall–Kier alpha value is -2.50. The minimum absolute atomic E-state index is 0.0492. The number of anilines is 1. The van der Waals surface area contributed by atoms with Gasteiger partial charge in [-0.15, -0.1) is 0 Å². The van der Waals surface area contributed by atoms with Gasteiger partial charge in [-0.05, 0) is 19.9 Å². The van der Waals surface area contributed by atoms with Gasteiger partial charge in [0.1, 0.15) is 11.6 Å². The summed E-state index contributed by atoms with van der Waals surface area (Å²) in [4.78, 5) is 24.5.